The quantitative estimate of drug-likeness (QED) is 0.869. The number of aromatic nitrogens is 1. The van der Waals surface area contributed by atoms with E-state index in [0.29, 0.717) is 18.2 Å². The molecule has 4 rings (SSSR count). The Bertz CT molecular complexity index is 619. The molecule has 7 heteroatoms. The lowest BCUT2D eigenvalue weighted by Crippen LogP contribution is -2.41. The molecule has 1 N–H and O–H groups in total. The molecule has 0 spiro atoms. The summed E-state index contributed by atoms with van der Waals surface area (Å²) in [7, 11) is 0. The standard InChI is InChI=1S/C17H24N4O3/c22-16(21-6-1-2-7-21)11-20-8-5-13(10-20)18-17(23)14-9-15(24-19-14)12-3-4-12/h9,12-13H,1-8,10-11H2,(H,18,23). The maximum absolute atomic E-state index is 12.3. The summed E-state index contributed by atoms with van der Waals surface area (Å²) >= 11 is 0. The molecular formula is C17H24N4O3. The third-order valence-electron chi connectivity index (χ3n) is 5.17. The van der Waals surface area contributed by atoms with Gasteiger partial charge in [-0.1, -0.05) is 5.16 Å². The fourth-order valence-electron chi connectivity index (χ4n) is 3.57. The minimum atomic E-state index is -0.177. The van der Waals surface area contributed by atoms with Crippen LogP contribution in [0, 0.1) is 0 Å². The van der Waals surface area contributed by atoms with Gasteiger partial charge in [-0.2, -0.15) is 0 Å². The highest BCUT2D eigenvalue weighted by atomic mass is 16.5. The summed E-state index contributed by atoms with van der Waals surface area (Å²) < 4.78 is 5.23. The molecule has 0 aromatic carbocycles. The van der Waals surface area contributed by atoms with Gasteiger partial charge in [0.05, 0.1) is 6.54 Å². The van der Waals surface area contributed by atoms with E-state index in [4.69, 9.17) is 4.52 Å². The van der Waals surface area contributed by atoms with E-state index in [2.05, 4.69) is 15.4 Å². The van der Waals surface area contributed by atoms with Crippen LogP contribution in [0.15, 0.2) is 10.6 Å². The number of nitrogens with zero attached hydrogens (tertiary/aromatic N) is 3. The Hall–Kier alpha value is -1.89. The number of rotatable bonds is 5. The Morgan fingerprint density at radius 2 is 2.00 bits per heavy atom. The molecule has 7 nitrogen and oxygen atoms in total. The van der Waals surface area contributed by atoms with Crippen LogP contribution in [0.5, 0.6) is 0 Å². The highest BCUT2D eigenvalue weighted by molar-refractivity contribution is 5.92. The maximum atomic E-state index is 12.3. The molecule has 0 bridgehead atoms. The predicted molar refractivity (Wildman–Crippen MR) is 86.6 cm³/mol. The van der Waals surface area contributed by atoms with E-state index in [1.807, 2.05) is 4.90 Å². The van der Waals surface area contributed by atoms with Crippen molar-refractivity contribution in [3.8, 4) is 0 Å². The minimum absolute atomic E-state index is 0.0740. The Morgan fingerprint density at radius 3 is 2.75 bits per heavy atom. The van der Waals surface area contributed by atoms with Gasteiger partial charge in [0, 0.05) is 44.2 Å². The van der Waals surface area contributed by atoms with E-state index < -0.39 is 0 Å². The second-order valence-electron chi connectivity index (χ2n) is 7.17. The summed E-state index contributed by atoms with van der Waals surface area (Å²) in [5.41, 5.74) is 0.364. The van der Waals surface area contributed by atoms with Crippen LogP contribution in [0.25, 0.3) is 0 Å². The second kappa shape index (κ2) is 6.55. The Labute approximate surface area is 141 Å². The topological polar surface area (TPSA) is 78.7 Å². The van der Waals surface area contributed by atoms with E-state index in [-0.39, 0.29) is 17.9 Å². The van der Waals surface area contributed by atoms with Crippen LogP contribution in [0.2, 0.25) is 0 Å². The number of hydrogen-bond acceptors (Lipinski definition) is 5. The van der Waals surface area contributed by atoms with Crippen molar-refractivity contribution >= 4 is 11.8 Å². The van der Waals surface area contributed by atoms with Crippen molar-refractivity contribution in [3.05, 3.63) is 17.5 Å². The first-order chi connectivity index (χ1) is 11.7. The molecule has 1 aliphatic carbocycles. The normalized spacial score (nSPS) is 24.5. The molecule has 2 amide bonds. The van der Waals surface area contributed by atoms with Gasteiger partial charge in [-0.25, -0.2) is 0 Å². The number of hydrogen-bond donors (Lipinski definition) is 1. The molecule has 1 aromatic heterocycles. The van der Waals surface area contributed by atoms with Gasteiger partial charge in [0.2, 0.25) is 5.91 Å². The number of nitrogens with one attached hydrogen (secondary N) is 1. The monoisotopic (exact) mass is 332 g/mol. The molecule has 3 aliphatic rings. The highest BCUT2D eigenvalue weighted by Gasteiger charge is 2.31. The zero-order valence-electron chi connectivity index (χ0n) is 13.9. The first-order valence-corrected chi connectivity index (χ1v) is 8.96. The number of carbonyl (C=O) groups excluding carboxylic acids is 2. The van der Waals surface area contributed by atoms with Crippen LogP contribution >= 0.6 is 0 Å². The third-order valence-corrected chi connectivity index (χ3v) is 5.17. The summed E-state index contributed by atoms with van der Waals surface area (Å²) in [6.45, 7) is 3.81. The number of likely N-dealkylation sites (tertiary alicyclic amines) is 2. The Balaban J connectivity index is 1.25. The molecule has 1 unspecified atom stereocenters. The van der Waals surface area contributed by atoms with Gasteiger partial charge in [-0.3, -0.25) is 14.5 Å². The van der Waals surface area contributed by atoms with Crippen LogP contribution in [0.3, 0.4) is 0 Å². The summed E-state index contributed by atoms with van der Waals surface area (Å²) in [6, 6.07) is 1.83. The van der Waals surface area contributed by atoms with Gasteiger partial charge in [0.1, 0.15) is 5.76 Å². The van der Waals surface area contributed by atoms with Crippen molar-refractivity contribution in [2.45, 2.75) is 44.1 Å². The lowest BCUT2D eigenvalue weighted by Gasteiger charge is -2.20. The lowest BCUT2D eigenvalue weighted by molar-refractivity contribution is -0.131. The predicted octanol–water partition coefficient (Wildman–Crippen LogP) is 0.979. The molecule has 2 saturated heterocycles. The van der Waals surface area contributed by atoms with Crippen molar-refractivity contribution in [2.75, 3.05) is 32.7 Å². The van der Waals surface area contributed by atoms with Crippen LogP contribution < -0.4 is 5.32 Å². The lowest BCUT2D eigenvalue weighted by atomic mass is 10.2. The highest BCUT2D eigenvalue weighted by Crippen LogP contribution is 2.40. The fourth-order valence-corrected chi connectivity index (χ4v) is 3.57. The van der Waals surface area contributed by atoms with E-state index in [1.165, 1.54) is 0 Å². The van der Waals surface area contributed by atoms with Gasteiger partial charge in [0.15, 0.2) is 5.69 Å². The molecule has 1 atom stereocenters. The Kier molecular flexibility index (Phi) is 4.26. The van der Waals surface area contributed by atoms with Crippen molar-refractivity contribution in [2.24, 2.45) is 0 Å². The molecule has 3 heterocycles. The summed E-state index contributed by atoms with van der Waals surface area (Å²) in [5, 5.41) is 6.89. The SMILES string of the molecule is O=C(NC1CCN(CC(=O)N2CCCC2)C1)c1cc(C2CC2)on1. The molecule has 130 valence electrons. The average Bonchev–Trinajstić information content (AvgIpc) is 3.02. The van der Waals surface area contributed by atoms with Crippen molar-refractivity contribution in [1.82, 2.24) is 20.3 Å². The molecule has 0 radical (unpaired) electrons. The van der Waals surface area contributed by atoms with Crippen LogP contribution in [-0.2, 0) is 4.79 Å². The van der Waals surface area contributed by atoms with Gasteiger partial charge >= 0.3 is 0 Å². The first-order valence-electron chi connectivity index (χ1n) is 8.96. The first kappa shape index (κ1) is 15.6. The van der Waals surface area contributed by atoms with Gasteiger partial charge < -0.3 is 14.7 Å². The zero-order valence-corrected chi connectivity index (χ0v) is 13.9. The minimum Gasteiger partial charge on any atom is -0.360 e. The zero-order chi connectivity index (χ0) is 16.5. The van der Waals surface area contributed by atoms with Gasteiger partial charge in [-0.15, -0.1) is 0 Å². The average molecular weight is 332 g/mol. The number of carbonyl (C=O) groups is 2. The molecule has 2 aliphatic heterocycles. The van der Waals surface area contributed by atoms with Gasteiger partial charge in [0.25, 0.3) is 5.91 Å². The maximum Gasteiger partial charge on any atom is 0.273 e. The molecule has 3 fully saturated rings. The molecule has 1 aromatic rings. The van der Waals surface area contributed by atoms with Gasteiger partial charge in [-0.05, 0) is 32.1 Å². The second-order valence-corrected chi connectivity index (χ2v) is 7.17. The van der Waals surface area contributed by atoms with E-state index >= 15 is 0 Å². The summed E-state index contributed by atoms with van der Waals surface area (Å²) in [6.07, 6.45) is 5.35. The van der Waals surface area contributed by atoms with E-state index in [0.717, 1.165) is 64.0 Å². The molecular weight excluding hydrogens is 308 g/mol. The Morgan fingerprint density at radius 1 is 1.21 bits per heavy atom. The smallest absolute Gasteiger partial charge is 0.273 e. The fraction of sp³-hybridized carbons (Fsp3) is 0.706. The third kappa shape index (κ3) is 3.45. The van der Waals surface area contributed by atoms with Crippen molar-refractivity contribution in [1.29, 1.82) is 0 Å². The summed E-state index contributed by atoms with van der Waals surface area (Å²) in [5.74, 6) is 1.32. The molecule has 24 heavy (non-hydrogen) atoms. The van der Waals surface area contributed by atoms with Crippen LogP contribution in [0.1, 0.15) is 54.3 Å². The van der Waals surface area contributed by atoms with Crippen molar-refractivity contribution in [3.63, 3.8) is 0 Å². The van der Waals surface area contributed by atoms with Crippen molar-refractivity contribution < 1.29 is 14.1 Å². The summed E-state index contributed by atoms with van der Waals surface area (Å²) in [4.78, 5) is 28.5. The van der Waals surface area contributed by atoms with E-state index in [9.17, 15) is 9.59 Å². The number of amides is 2. The van der Waals surface area contributed by atoms with Crippen LogP contribution in [0.4, 0.5) is 0 Å². The molecule has 1 saturated carbocycles. The van der Waals surface area contributed by atoms with Crippen LogP contribution in [-0.4, -0.2) is 65.5 Å². The largest absolute Gasteiger partial charge is 0.360 e. The van der Waals surface area contributed by atoms with E-state index in [1.54, 1.807) is 6.07 Å².